The van der Waals surface area contributed by atoms with E-state index < -0.39 is 11.6 Å². The number of halogens is 2. The topological polar surface area (TPSA) is 117 Å². The summed E-state index contributed by atoms with van der Waals surface area (Å²) in [6, 6.07) is 1.17. The SMILES string of the molecule is CCOC1CCCCC1OCCCCCN(C)C(=O)N[C@H]1CCC[C@@H](Nc2nc(-c3c[nH]c4ncc(F)cc34)ncc2F)C1. The summed E-state index contributed by atoms with van der Waals surface area (Å²) in [6.45, 7) is 4.17. The van der Waals surface area contributed by atoms with Crippen LogP contribution in [0, 0.1) is 11.6 Å². The van der Waals surface area contributed by atoms with E-state index >= 15 is 0 Å². The van der Waals surface area contributed by atoms with Crippen molar-refractivity contribution >= 4 is 22.9 Å². The van der Waals surface area contributed by atoms with E-state index in [1.165, 1.54) is 18.9 Å². The molecule has 3 aromatic heterocycles. The first-order valence-corrected chi connectivity index (χ1v) is 16.1. The summed E-state index contributed by atoms with van der Waals surface area (Å²) in [7, 11) is 1.82. The van der Waals surface area contributed by atoms with E-state index in [2.05, 4.69) is 30.6 Å². The maximum atomic E-state index is 14.7. The normalized spacial score (nSPS) is 22.2. The first-order chi connectivity index (χ1) is 21.4. The molecule has 5 rings (SSSR count). The molecule has 10 nitrogen and oxygen atoms in total. The Labute approximate surface area is 257 Å². The number of hydrogen-bond acceptors (Lipinski definition) is 7. The van der Waals surface area contributed by atoms with Gasteiger partial charge in [0.05, 0.1) is 24.6 Å². The third-order valence-electron chi connectivity index (χ3n) is 8.66. The van der Waals surface area contributed by atoms with Crippen molar-refractivity contribution in [2.75, 3.05) is 32.1 Å². The Bertz CT molecular complexity index is 1370. The molecule has 2 saturated carbocycles. The van der Waals surface area contributed by atoms with E-state index in [-0.39, 0.29) is 42.0 Å². The number of fused-ring (bicyclic) bond motifs is 1. The van der Waals surface area contributed by atoms with Gasteiger partial charge in [0.2, 0.25) is 0 Å². The fourth-order valence-corrected chi connectivity index (χ4v) is 6.31. The largest absolute Gasteiger partial charge is 0.376 e. The van der Waals surface area contributed by atoms with Gasteiger partial charge in [-0.3, -0.25) is 0 Å². The maximum absolute atomic E-state index is 14.7. The zero-order chi connectivity index (χ0) is 30.9. The van der Waals surface area contributed by atoms with Crippen LogP contribution in [0.3, 0.4) is 0 Å². The molecule has 2 amide bonds. The Morgan fingerprint density at radius 2 is 1.82 bits per heavy atom. The second-order valence-electron chi connectivity index (χ2n) is 12.0. The molecule has 2 aliphatic rings. The summed E-state index contributed by atoms with van der Waals surface area (Å²) in [6.07, 6.45) is 15.0. The molecular weight excluding hydrogens is 568 g/mol. The lowest BCUT2D eigenvalue weighted by Gasteiger charge is -2.32. The number of carbonyl (C=O) groups excluding carboxylic acids is 1. The van der Waals surface area contributed by atoms with Gasteiger partial charge in [-0.15, -0.1) is 0 Å². The van der Waals surface area contributed by atoms with Gasteiger partial charge in [0.1, 0.15) is 11.5 Å². The average Bonchev–Trinajstić information content (AvgIpc) is 3.44. The van der Waals surface area contributed by atoms with Gasteiger partial charge in [0.25, 0.3) is 0 Å². The lowest BCUT2D eigenvalue weighted by Crippen LogP contribution is -2.47. The number of urea groups is 1. The highest BCUT2D eigenvalue weighted by Crippen LogP contribution is 2.29. The Kier molecular flexibility index (Phi) is 11.3. The molecule has 0 radical (unpaired) electrons. The number of pyridine rings is 1. The van der Waals surface area contributed by atoms with Crippen molar-refractivity contribution in [1.82, 2.24) is 30.2 Å². The van der Waals surface area contributed by atoms with Crippen LogP contribution < -0.4 is 10.6 Å². The standard InChI is InChI=1S/C32H45F2N7O3/c1-3-43-27-12-5-6-13-28(27)44-15-8-4-7-14-41(2)32(42)39-23-11-9-10-22(17-23)38-31-26(34)20-37-30(40-31)25-19-36-29-24(25)16-21(33)18-35-29/h16,18-20,22-23,27-28H,3-15,17H2,1-2H3,(H,35,36)(H,39,42)(H,37,38,40)/t22-,23+,27?,28?/m1/s1. The molecule has 12 heteroatoms. The molecule has 0 aliphatic heterocycles. The van der Waals surface area contributed by atoms with Crippen LogP contribution in [0.15, 0.2) is 24.7 Å². The first-order valence-electron chi connectivity index (χ1n) is 16.1. The molecule has 0 bridgehead atoms. The maximum Gasteiger partial charge on any atom is 0.317 e. The van der Waals surface area contributed by atoms with E-state index in [1.807, 2.05) is 14.0 Å². The van der Waals surface area contributed by atoms with Gasteiger partial charge < -0.3 is 30.0 Å². The predicted molar refractivity (Wildman–Crippen MR) is 165 cm³/mol. The molecule has 44 heavy (non-hydrogen) atoms. The number of aromatic nitrogens is 4. The van der Waals surface area contributed by atoms with Crippen LogP contribution in [-0.4, -0.2) is 82.0 Å². The minimum Gasteiger partial charge on any atom is -0.376 e. The highest BCUT2D eigenvalue weighted by molar-refractivity contribution is 5.91. The molecular formula is C32H45F2N7O3. The highest BCUT2D eigenvalue weighted by atomic mass is 19.1. The summed E-state index contributed by atoms with van der Waals surface area (Å²) >= 11 is 0. The molecule has 2 unspecified atom stereocenters. The molecule has 3 heterocycles. The minimum atomic E-state index is -0.568. The molecule has 3 N–H and O–H groups in total. The van der Waals surface area contributed by atoms with Gasteiger partial charge in [-0.05, 0) is 70.8 Å². The van der Waals surface area contributed by atoms with Crippen LogP contribution in [0.5, 0.6) is 0 Å². The Morgan fingerprint density at radius 3 is 2.64 bits per heavy atom. The summed E-state index contributed by atoms with van der Waals surface area (Å²) in [5.74, 6) is -0.689. The van der Waals surface area contributed by atoms with Gasteiger partial charge in [-0.2, -0.15) is 0 Å². The summed E-state index contributed by atoms with van der Waals surface area (Å²) in [5.41, 5.74) is 1.04. The number of unbranched alkanes of at least 4 members (excludes halogenated alkanes) is 2. The van der Waals surface area contributed by atoms with Crippen LogP contribution in [0.2, 0.25) is 0 Å². The fourth-order valence-electron chi connectivity index (χ4n) is 6.31. The number of nitrogens with one attached hydrogen (secondary N) is 3. The van der Waals surface area contributed by atoms with E-state index in [0.717, 1.165) is 77.0 Å². The lowest BCUT2D eigenvalue weighted by molar-refractivity contribution is -0.0898. The van der Waals surface area contributed by atoms with Gasteiger partial charge in [-0.25, -0.2) is 28.5 Å². The Morgan fingerprint density at radius 1 is 1.02 bits per heavy atom. The molecule has 4 atom stereocenters. The Hall–Kier alpha value is -3.38. The van der Waals surface area contributed by atoms with Crippen LogP contribution in [0.4, 0.5) is 19.4 Å². The molecule has 240 valence electrons. The number of rotatable bonds is 13. The molecule has 0 saturated heterocycles. The summed E-state index contributed by atoms with van der Waals surface area (Å²) in [4.78, 5) is 30.2. The van der Waals surface area contributed by atoms with Crippen LogP contribution >= 0.6 is 0 Å². The van der Waals surface area contributed by atoms with Gasteiger partial charge >= 0.3 is 6.03 Å². The van der Waals surface area contributed by atoms with Crippen molar-refractivity contribution in [3.05, 3.63) is 36.3 Å². The fraction of sp³-hybridized carbons (Fsp3) is 0.625. The molecule has 0 aromatic carbocycles. The van der Waals surface area contributed by atoms with Crippen molar-refractivity contribution in [3.8, 4) is 11.4 Å². The highest BCUT2D eigenvalue weighted by Gasteiger charge is 2.27. The molecule has 2 aliphatic carbocycles. The zero-order valence-corrected chi connectivity index (χ0v) is 25.8. The van der Waals surface area contributed by atoms with Gasteiger partial charge in [0.15, 0.2) is 17.5 Å². The van der Waals surface area contributed by atoms with Crippen LogP contribution in [0.25, 0.3) is 22.4 Å². The second-order valence-corrected chi connectivity index (χ2v) is 12.0. The van der Waals surface area contributed by atoms with Crippen molar-refractivity contribution in [1.29, 1.82) is 0 Å². The number of anilines is 1. The number of H-pyrrole nitrogens is 1. The van der Waals surface area contributed by atoms with Crippen molar-refractivity contribution in [2.45, 2.75) is 102 Å². The van der Waals surface area contributed by atoms with Crippen LogP contribution in [0.1, 0.15) is 77.6 Å². The van der Waals surface area contributed by atoms with E-state index in [0.29, 0.717) is 29.6 Å². The number of amides is 2. The lowest BCUT2D eigenvalue weighted by atomic mass is 9.91. The number of aromatic amines is 1. The number of hydrogen-bond donors (Lipinski definition) is 3. The minimum absolute atomic E-state index is 0.0228. The van der Waals surface area contributed by atoms with Crippen LogP contribution in [-0.2, 0) is 9.47 Å². The van der Waals surface area contributed by atoms with E-state index in [1.54, 1.807) is 11.1 Å². The average molecular weight is 614 g/mol. The molecule has 0 spiro atoms. The third-order valence-corrected chi connectivity index (χ3v) is 8.66. The number of ether oxygens (including phenoxy) is 2. The second kappa shape index (κ2) is 15.6. The smallest absolute Gasteiger partial charge is 0.317 e. The summed E-state index contributed by atoms with van der Waals surface area (Å²) in [5, 5.41) is 6.90. The molecule has 3 aromatic rings. The quantitative estimate of drug-likeness (QED) is 0.197. The first kappa shape index (κ1) is 32.0. The van der Waals surface area contributed by atoms with Gasteiger partial charge in [-0.1, -0.05) is 12.8 Å². The third kappa shape index (κ3) is 8.41. The number of nitrogens with zero attached hydrogens (tertiary/aromatic N) is 4. The summed E-state index contributed by atoms with van der Waals surface area (Å²) < 4.78 is 40.5. The van der Waals surface area contributed by atoms with Gasteiger partial charge in [0, 0.05) is 56.0 Å². The monoisotopic (exact) mass is 613 g/mol. The molecule has 2 fully saturated rings. The Balaban J connectivity index is 1.05. The van der Waals surface area contributed by atoms with E-state index in [9.17, 15) is 13.6 Å². The van der Waals surface area contributed by atoms with E-state index in [4.69, 9.17) is 9.47 Å². The predicted octanol–water partition coefficient (Wildman–Crippen LogP) is 6.20. The van der Waals surface area contributed by atoms with Crippen molar-refractivity contribution < 1.29 is 23.0 Å². The van der Waals surface area contributed by atoms with Crippen molar-refractivity contribution in [2.24, 2.45) is 0 Å². The zero-order valence-electron chi connectivity index (χ0n) is 25.8. The number of carbonyl (C=O) groups is 1. The van der Waals surface area contributed by atoms with Crippen molar-refractivity contribution in [3.63, 3.8) is 0 Å².